The van der Waals surface area contributed by atoms with Crippen molar-refractivity contribution in [2.45, 2.75) is 110 Å². The van der Waals surface area contributed by atoms with Gasteiger partial charge in [0.2, 0.25) is 17.6 Å². The van der Waals surface area contributed by atoms with Gasteiger partial charge in [0.05, 0.1) is 5.60 Å². The third kappa shape index (κ3) is 6.13. The molecule has 0 spiro atoms. The van der Waals surface area contributed by atoms with Gasteiger partial charge in [-0.15, -0.1) is 0 Å². The number of rotatable bonds is 8. The Balaban J connectivity index is 1.85. The summed E-state index contributed by atoms with van der Waals surface area (Å²) in [6.07, 6.45) is 1.60. The maximum absolute atomic E-state index is 13.9. The smallest absolute Gasteiger partial charge is 0.315 e. The number of likely N-dealkylation sites (tertiary alicyclic amines) is 1. The molecule has 3 aliphatic rings. The van der Waals surface area contributed by atoms with Crippen molar-refractivity contribution in [3.8, 4) is 0 Å². The summed E-state index contributed by atoms with van der Waals surface area (Å²) in [6.45, 7) is 15.4. The lowest BCUT2D eigenvalue weighted by molar-refractivity contribution is -0.146. The first kappa shape index (κ1) is 29.9. The summed E-state index contributed by atoms with van der Waals surface area (Å²) in [6, 6.07) is -3.58. The van der Waals surface area contributed by atoms with Crippen molar-refractivity contribution in [1.29, 1.82) is 0 Å². The molecule has 1 aliphatic heterocycles. The van der Waals surface area contributed by atoms with E-state index in [2.05, 4.69) is 16.0 Å². The van der Waals surface area contributed by atoms with E-state index in [0.717, 1.165) is 6.42 Å². The Bertz CT molecular complexity index is 1010. The monoisotopic (exact) mass is 535 g/mol. The second-order valence-electron chi connectivity index (χ2n) is 14.1. The number of nitrogens with zero attached hydrogens (tertiary/aromatic N) is 1. The molecule has 1 unspecified atom stereocenters. The summed E-state index contributed by atoms with van der Waals surface area (Å²) in [5, 5.41) is 18.9. The van der Waals surface area contributed by atoms with E-state index in [1.807, 2.05) is 55.4 Å². The fourth-order valence-electron chi connectivity index (χ4n) is 5.94. The number of nitrogens with one attached hydrogen (secondary N) is 3. The highest BCUT2D eigenvalue weighted by Crippen LogP contribution is 2.65. The van der Waals surface area contributed by atoms with Crippen LogP contribution in [0.1, 0.15) is 81.1 Å². The molecule has 0 aromatic carbocycles. The number of urea groups is 1. The maximum Gasteiger partial charge on any atom is 0.315 e. The van der Waals surface area contributed by atoms with Gasteiger partial charge in [0.15, 0.2) is 0 Å². The minimum Gasteiger partial charge on any atom is -0.390 e. The normalized spacial score (nSPS) is 26.8. The number of hydrogen-bond acceptors (Lipinski definition) is 6. The minimum absolute atomic E-state index is 0.0762. The minimum atomic E-state index is -1.28. The number of carbonyl (C=O) groups excluding carboxylic acids is 5. The predicted octanol–water partition coefficient (Wildman–Crippen LogP) is 0.826. The molecule has 0 radical (unpaired) electrons. The highest BCUT2D eigenvalue weighted by Gasteiger charge is 2.70. The fourth-order valence-corrected chi connectivity index (χ4v) is 5.94. The summed E-state index contributed by atoms with van der Waals surface area (Å²) in [4.78, 5) is 66.1. The van der Waals surface area contributed by atoms with Crippen molar-refractivity contribution < 1.29 is 29.1 Å². The van der Waals surface area contributed by atoms with Gasteiger partial charge in [-0.05, 0) is 62.7 Å². The standard InChI is InChI=1S/C27H45N5O6/c1-24(2,3)19(30-23(37)31-25(4,5)6)22(36)32-13-14-16(26(14,7)8)17(32)21(35)29-15(18(33)20(28)34)12-27(38)10-9-11-27/h14-17,19,38H,9-13H2,1-8H3,(H2,28,34)(H,29,35)(H2,30,31,37)/t14-,15?,16-,17-,19+/m0/s1. The van der Waals surface area contributed by atoms with Crippen LogP contribution in [-0.2, 0) is 19.2 Å². The molecule has 1 heterocycles. The summed E-state index contributed by atoms with van der Waals surface area (Å²) >= 11 is 0. The molecule has 0 aromatic heterocycles. The van der Waals surface area contributed by atoms with Gasteiger partial charge in [0.1, 0.15) is 18.1 Å². The van der Waals surface area contributed by atoms with Crippen molar-refractivity contribution in [3.63, 3.8) is 0 Å². The molecule has 0 aromatic rings. The van der Waals surface area contributed by atoms with Crippen LogP contribution < -0.4 is 21.7 Å². The van der Waals surface area contributed by atoms with E-state index in [-0.39, 0.29) is 29.6 Å². The number of piperidine rings is 1. The molecule has 11 heteroatoms. The van der Waals surface area contributed by atoms with Crippen LogP contribution in [0.4, 0.5) is 4.79 Å². The Kier molecular flexibility index (Phi) is 7.70. The summed E-state index contributed by atoms with van der Waals surface area (Å²) in [7, 11) is 0. The average Bonchev–Trinajstić information content (AvgIpc) is 3.07. The highest BCUT2D eigenvalue weighted by atomic mass is 16.3. The Morgan fingerprint density at radius 2 is 1.61 bits per heavy atom. The first-order valence-corrected chi connectivity index (χ1v) is 13.4. The van der Waals surface area contributed by atoms with Crippen LogP contribution in [0.25, 0.3) is 0 Å². The summed E-state index contributed by atoms with van der Waals surface area (Å²) < 4.78 is 0. The number of primary amides is 1. The van der Waals surface area contributed by atoms with Gasteiger partial charge >= 0.3 is 6.03 Å². The Morgan fingerprint density at radius 3 is 2.05 bits per heavy atom. The quantitative estimate of drug-likeness (QED) is 0.288. The molecule has 5 amide bonds. The molecule has 1 saturated heterocycles. The summed E-state index contributed by atoms with van der Waals surface area (Å²) in [5.74, 6) is -3.19. The van der Waals surface area contributed by atoms with Crippen molar-refractivity contribution in [3.05, 3.63) is 0 Å². The highest BCUT2D eigenvalue weighted by molar-refractivity contribution is 6.37. The van der Waals surface area contributed by atoms with E-state index in [0.29, 0.717) is 19.4 Å². The zero-order valence-electron chi connectivity index (χ0n) is 23.9. The number of ketones is 1. The lowest BCUT2D eigenvalue weighted by Crippen LogP contribution is -2.62. The number of carbonyl (C=O) groups is 5. The Hall–Kier alpha value is -2.69. The van der Waals surface area contributed by atoms with Gasteiger partial charge in [-0.2, -0.15) is 0 Å². The largest absolute Gasteiger partial charge is 0.390 e. The average molecular weight is 536 g/mol. The number of Topliss-reactive ketones (excluding diaryl/α,β-unsaturated/α-hetero) is 1. The van der Waals surface area contributed by atoms with Gasteiger partial charge in [-0.1, -0.05) is 34.6 Å². The van der Waals surface area contributed by atoms with E-state index in [1.165, 1.54) is 4.90 Å². The van der Waals surface area contributed by atoms with E-state index in [9.17, 15) is 29.1 Å². The molecule has 6 N–H and O–H groups in total. The van der Waals surface area contributed by atoms with E-state index < -0.39 is 58.3 Å². The van der Waals surface area contributed by atoms with Crippen LogP contribution in [0.5, 0.6) is 0 Å². The first-order chi connectivity index (χ1) is 17.2. The fraction of sp³-hybridized carbons (Fsp3) is 0.815. The molecule has 0 bridgehead atoms. The maximum atomic E-state index is 13.9. The SMILES string of the molecule is CC(C)(C)NC(=O)N[C@H](C(=O)N1C[C@H]2[C@@H]([C@H]1C(=O)NC(CC1(O)CCC1)C(=O)C(N)=O)C2(C)C)C(C)(C)C. The zero-order chi connectivity index (χ0) is 29.0. The predicted molar refractivity (Wildman–Crippen MR) is 140 cm³/mol. The molecular weight excluding hydrogens is 490 g/mol. The molecule has 214 valence electrons. The Morgan fingerprint density at radius 1 is 1.03 bits per heavy atom. The second-order valence-corrected chi connectivity index (χ2v) is 14.1. The van der Waals surface area contributed by atoms with Crippen LogP contribution in [-0.4, -0.2) is 75.4 Å². The molecule has 2 saturated carbocycles. The molecule has 11 nitrogen and oxygen atoms in total. The van der Waals surface area contributed by atoms with Crippen LogP contribution >= 0.6 is 0 Å². The molecule has 5 atom stereocenters. The third-order valence-electron chi connectivity index (χ3n) is 8.38. The lowest BCUT2D eigenvalue weighted by atomic mass is 9.75. The number of hydrogen-bond donors (Lipinski definition) is 5. The first-order valence-electron chi connectivity index (χ1n) is 13.4. The van der Waals surface area contributed by atoms with Crippen LogP contribution in [0, 0.1) is 22.7 Å². The molecule has 3 fully saturated rings. The molecule has 38 heavy (non-hydrogen) atoms. The van der Waals surface area contributed by atoms with E-state index >= 15 is 0 Å². The van der Waals surface area contributed by atoms with Crippen LogP contribution in [0.3, 0.4) is 0 Å². The van der Waals surface area contributed by atoms with Gasteiger partial charge < -0.3 is 31.7 Å². The van der Waals surface area contributed by atoms with E-state index in [1.54, 1.807) is 0 Å². The van der Waals surface area contributed by atoms with Gasteiger partial charge in [0.25, 0.3) is 5.91 Å². The Labute approximate surface area is 225 Å². The third-order valence-corrected chi connectivity index (χ3v) is 8.38. The van der Waals surface area contributed by atoms with Gasteiger partial charge in [0, 0.05) is 18.5 Å². The van der Waals surface area contributed by atoms with Crippen molar-refractivity contribution in [2.75, 3.05) is 6.54 Å². The molecule has 2 aliphatic carbocycles. The van der Waals surface area contributed by atoms with Crippen LogP contribution in [0.2, 0.25) is 0 Å². The topological polar surface area (TPSA) is 171 Å². The van der Waals surface area contributed by atoms with Crippen molar-refractivity contribution in [1.82, 2.24) is 20.9 Å². The summed E-state index contributed by atoms with van der Waals surface area (Å²) in [5.41, 5.74) is 2.74. The van der Waals surface area contributed by atoms with Crippen LogP contribution in [0.15, 0.2) is 0 Å². The number of fused-ring (bicyclic) bond motifs is 1. The second kappa shape index (κ2) is 9.81. The molecular formula is C27H45N5O6. The number of amides is 5. The van der Waals surface area contributed by atoms with Gasteiger partial charge in [-0.25, -0.2) is 4.79 Å². The van der Waals surface area contributed by atoms with Gasteiger partial charge in [-0.3, -0.25) is 19.2 Å². The zero-order valence-corrected chi connectivity index (χ0v) is 23.9. The number of nitrogens with two attached hydrogens (primary N) is 1. The number of aliphatic hydroxyl groups is 1. The lowest BCUT2D eigenvalue weighted by Gasteiger charge is -2.40. The van der Waals surface area contributed by atoms with E-state index in [4.69, 9.17) is 5.73 Å². The molecule has 3 rings (SSSR count). The van der Waals surface area contributed by atoms with Crippen molar-refractivity contribution >= 4 is 29.5 Å². The van der Waals surface area contributed by atoms with Crippen molar-refractivity contribution in [2.24, 2.45) is 28.4 Å².